The Labute approximate surface area is 118 Å². The molecule has 0 aliphatic carbocycles. The Kier molecular flexibility index (Phi) is 6.79. The van der Waals surface area contributed by atoms with E-state index in [4.69, 9.17) is 32.7 Å². The Morgan fingerprint density at radius 2 is 2.00 bits per heavy atom. The molecule has 1 atom stereocenters. The third kappa shape index (κ3) is 5.44. The maximum absolute atomic E-state index is 6.07. The van der Waals surface area contributed by atoms with E-state index in [1.807, 2.05) is 0 Å². The van der Waals surface area contributed by atoms with Crippen LogP contribution in [0.2, 0.25) is 10.0 Å². The van der Waals surface area contributed by atoms with Gasteiger partial charge in [-0.15, -0.1) is 0 Å². The highest BCUT2D eigenvalue weighted by Crippen LogP contribution is 2.28. The first-order chi connectivity index (χ1) is 8.52. The average molecular weight is 292 g/mol. The van der Waals surface area contributed by atoms with Crippen LogP contribution < -0.4 is 10.1 Å². The zero-order valence-corrected chi connectivity index (χ0v) is 12.4. The summed E-state index contributed by atoms with van der Waals surface area (Å²) in [6.07, 6.45) is -0.0870. The normalized spacial score (nSPS) is 12.8. The van der Waals surface area contributed by atoms with Crippen LogP contribution in [-0.2, 0) is 4.74 Å². The third-order valence-electron chi connectivity index (χ3n) is 2.29. The van der Waals surface area contributed by atoms with E-state index in [0.717, 1.165) is 0 Å². The molecule has 1 aromatic rings. The van der Waals surface area contributed by atoms with Gasteiger partial charge in [0.25, 0.3) is 0 Å². The van der Waals surface area contributed by atoms with Crippen LogP contribution in [0.25, 0.3) is 0 Å². The Bertz CT molecular complexity index is 372. The number of nitrogens with one attached hydrogen (secondary N) is 1. The second kappa shape index (κ2) is 7.85. The highest BCUT2D eigenvalue weighted by Gasteiger charge is 2.13. The van der Waals surface area contributed by atoms with Crippen molar-refractivity contribution < 1.29 is 9.47 Å². The maximum Gasteiger partial charge on any atom is 0.138 e. The molecule has 0 aliphatic rings. The summed E-state index contributed by atoms with van der Waals surface area (Å²) in [6.45, 7) is 5.36. The molecule has 1 N–H and O–H groups in total. The van der Waals surface area contributed by atoms with Crippen molar-refractivity contribution in [3.63, 3.8) is 0 Å². The van der Waals surface area contributed by atoms with Crippen molar-refractivity contribution in [1.82, 2.24) is 5.32 Å². The van der Waals surface area contributed by atoms with E-state index >= 15 is 0 Å². The molecule has 0 saturated carbocycles. The lowest BCUT2D eigenvalue weighted by Gasteiger charge is -2.21. The summed E-state index contributed by atoms with van der Waals surface area (Å²) < 4.78 is 11.0. The molecule has 0 amide bonds. The van der Waals surface area contributed by atoms with Crippen molar-refractivity contribution in [1.29, 1.82) is 0 Å². The minimum atomic E-state index is -0.0870. The zero-order chi connectivity index (χ0) is 13.5. The summed E-state index contributed by atoms with van der Waals surface area (Å²) in [5.74, 6) is 0.619. The standard InChI is InChI=1S/C13H19Cl2NO2/c1-9(2)16-7-11(8-17-3)18-13-5-4-10(14)6-12(13)15/h4-6,9,11,16H,7-8H2,1-3H3. The molecule has 0 bridgehead atoms. The number of benzene rings is 1. The molecule has 0 radical (unpaired) electrons. The Morgan fingerprint density at radius 3 is 2.56 bits per heavy atom. The monoisotopic (exact) mass is 291 g/mol. The minimum absolute atomic E-state index is 0.0870. The van der Waals surface area contributed by atoms with E-state index in [1.165, 1.54) is 0 Å². The van der Waals surface area contributed by atoms with Gasteiger partial charge in [0.2, 0.25) is 0 Å². The summed E-state index contributed by atoms with van der Waals surface area (Å²) in [7, 11) is 1.65. The van der Waals surface area contributed by atoms with E-state index in [1.54, 1.807) is 25.3 Å². The van der Waals surface area contributed by atoms with Crippen LogP contribution in [0.5, 0.6) is 5.75 Å². The predicted molar refractivity (Wildman–Crippen MR) is 75.9 cm³/mol. The third-order valence-corrected chi connectivity index (χ3v) is 2.82. The van der Waals surface area contributed by atoms with Gasteiger partial charge in [-0.2, -0.15) is 0 Å². The molecule has 1 unspecified atom stereocenters. The minimum Gasteiger partial charge on any atom is -0.485 e. The van der Waals surface area contributed by atoms with Gasteiger partial charge in [0.15, 0.2) is 0 Å². The number of ether oxygens (including phenoxy) is 2. The molecule has 3 nitrogen and oxygen atoms in total. The van der Waals surface area contributed by atoms with Gasteiger partial charge < -0.3 is 14.8 Å². The lowest BCUT2D eigenvalue weighted by atomic mass is 10.3. The van der Waals surface area contributed by atoms with Crippen molar-refractivity contribution in [2.45, 2.75) is 26.0 Å². The summed E-state index contributed by atoms with van der Waals surface area (Å²) in [5, 5.41) is 4.41. The van der Waals surface area contributed by atoms with Crippen LogP contribution in [0.3, 0.4) is 0 Å². The van der Waals surface area contributed by atoms with Gasteiger partial charge >= 0.3 is 0 Å². The maximum atomic E-state index is 6.07. The fourth-order valence-corrected chi connectivity index (χ4v) is 1.89. The van der Waals surface area contributed by atoms with Crippen molar-refractivity contribution in [2.75, 3.05) is 20.3 Å². The first-order valence-corrected chi connectivity index (χ1v) is 6.62. The SMILES string of the molecule is COCC(CNC(C)C)Oc1ccc(Cl)cc1Cl. The van der Waals surface area contributed by atoms with E-state index in [9.17, 15) is 0 Å². The van der Waals surface area contributed by atoms with Gasteiger partial charge in [0.05, 0.1) is 11.6 Å². The Morgan fingerprint density at radius 1 is 1.28 bits per heavy atom. The lowest BCUT2D eigenvalue weighted by Crippen LogP contribution is -2.38. The van der Waals surface area contributed by atoms with Crippen molar-refractivity contribution in [3.05, 3.63) is 28.2 Å². The topological polar surface area (TPSA) is 30.5 Å². The van der Waals surface area contributed by atoms with Crippen LogP contribution >= 0.6 is 23.2 Å². The van der Waals surface area contributed by atoms with Crippen LogP contribution in [0.15, 0.2) is 18.2 Å². The molecule has 0 fully saturated rings. The van der Waals surface area contributed by atoms with Gasteiger partial charge in [0, 0.05) is 24.7 Å². The molecule has 0 aliphatic heterocycles. The van der Waals surface area contributed by atoms with Gasteiger partial charge in [-0.25, -0.2) is 0 Å². The van der Waals surface area contributed by atoms with E-state index in [-0.39, 0.29) is 6.10 Å². The van der Waals surface area contributed by atoms with Crippen molar-refractivity contribution in [2.24, 2.45) is 0 Å². The molecule has 18 heavy (non-hydrogen) atoms. The molecule has 1 aromatic carbocycles. The fourth-order valence-electron chi connectivity index (χ4n) is 1.44. The largest absolute Gasteiger partial charge is 0.485 e. The summed E-state index contributed by atoms with van der Waals surface area (Å²) >= 11 is 11.9. The number of halogens is 2. The second-order valence-corrected chi connectivity index (χ2v) is 5.18. The van der Waals surface area contributed by atoms with Crippen LogP contribution in [-0.4, -0.2) is 32.4 Å². The van der Waals surface area contributed by atoms with Gasteiger partial charge in [0.1, 0.15) is 11.9 Å². The fraction of sp³-hybridized carbons (Fsp3) is 0.538. The second-order valence-electron chi connectivity index (χ2n) is 4.33. The first kappa shape index (κ1) is 15.6. The highest BCUT2D eigenvalue weighted by molar-refractivity contribution is 6.35. The first-order valence-electron chi connectivity index (χ1n) is 5.87. The van der Waals surface area contributed by atoms with Gasteiger partial charge in [-0.1, -0.05) is 37.0 Å². The Hall–Kier alpha value is -0.480. The molecule has 1 rings (SSSR count). The van der Waals surface area contributed by atoms with Crippen LogP contribution in [0, 0.1) is 0 Å². The zero-order valence-electron chi connectivity index (χ0n) is 10.9. The molecule has 0 saturated heterocycles. The molecule has 0 aromatic heterocycles. The molecular weight excluding hydrogens is 273 g/mol. The number of hydrogen-bond donors (Lipinski definition) is 1. The Balaban J connectivity index is 2.64. The van der Waals surface area contributed by atoms with E-state index < -0.39 is 0 Å². The number of methoxy groups -OCH3 is 1. The molecule has 0 heterocycles. The summed E-state index contributed by atoms with van der Waals surface area (Å²) in [5.41, 5.74) is 0. The lowest BCUT2D eigenvalue weighted by molar-refractivity contribution is 0.0795. The smallest absolute Gasteiger partial charge is 0.138 e. The number of rotatable bonds is 7. The molecular formula is C13H19Cl2NO2. The van der Waals surface area contributed by atoms with Crippen molar-refractivity contribution >= 4 is 23.2 Å². The van der Waals surface area contributed by atoms with Gasteiger partial charge in [-0.3, -0.25) is 0 Å². The van der Waals surface area contributed by atoms with Crippen molar-refractivity contribution in [3.8, 4) is 5.75 Å². The van der Waals surface area contributed by atoms with E-state index in [2.05, 4.69) is 19.2 Å². The van der Waals surface area contributed by atoms with E-state index in [0.29, 0.717) is 35.0 Å². The quantitative estimate of drug-likeness (QED) is 0.835. The number of hydrogen-bond acceptors (Lipinski definition) is 3. The van der Waals surface area contributed by atoms with Gasteiger partial charge in [-0.05, 0) is 18.2 Å². The molecule has 0 spiro atoms. The molecule has 5 heteroatoms. The average Bonchev–Trinajstić information content (AvgIpc) is 2.29. The molecule has 102 valence electrons. The predicted octanol–water partition coefficient (Wildman–Crippen LogP) is 3.39. The highest BCUT2D eigenvalue weighted by atomic mass is 35.5. The van der Waals surface area contributed by atoms with Crippen LogP contribution in [0.1, 0.15) is 13.8 Å². The summed E-state index contributed by atoms with van der Waals surface area (Å²) in [6, 6.07) is 5.58. The van der Waals surface area contributed by atoms with Crippen LogP contribution in [0.4, 0.5) is 0 Å². The summed E-state index contributed by atoms with van der Waals surface area (Å²) in [4.78, 5) is 0.